The summed E-state index contributed by atoms with van der Waals surface area (Å²) in [7, 11) is 3.27. The molecule has 0 aliphatic carbocycles. The summed E-state index contributed by atoms with van der Waals surface area (Å²) in [4.78, 5) is 12.8. The van der Waals surface area contributed by atoms with Crippen molar-refractivity contribution in [3.05, 3.63) is 102 Å². The van der Waals surface area contributed by atoms with Crippen LogP contribution in [0.1, 0.15) is 23.6 Å². The van der Waals surface area contributed by atoms with Crippen LogP contribution in [0.4, 0.5) is 0 Å². The molecule has 37 heavy (non-hydrogen) atoms. The van der Waals surface area contributed by atoms with Crippen LogP contribution in [0, 0.1) is 6.92 Å². The molecule has 0 atom stereocenters. The van der Waals surface area contributed by atoms with Crippen molar-refractivity contribution in [2.24, 2.45) is 0 Å². The summed E-state index contributed by atoms with van der Waals surface area (Å²) in [5.74, 6) is 1.27. The second-order valence-electron chi connectivity index (χ2n) is 9.03. The number of aryl methyl sites for hydroxylation is 1. The molecule has 0 saturated heterocycles. The molecule has 0 saturated carbocycles. The second kappa shape index (κ2) is 10.2. The molecule has 5 nitrogen and oxygen atoms in total. The van der Waals surface area contributed by atoms with Crippen LogP contribution in [-0.4, -0.2) is 20.1 Å². The third-order valence-electron chi connectivity index (χ3n) is 6.70. The number of nitrogens with one attached hydrogen (secondary N) is 1. The molecule has 5 heteroatoms. The summed E-state index contributed by atoms with van der Waals surface area (Å²) in [6.07, 6.45) is 3.42. The third-order valence-corrected chi connectivity index (χ3v) is 6.70. The maximum absolute atomic E-state index is 12.8. The molecule has 5 aromatic rings. The highest BCUT2D eigenvalue weighted by molar-refractivity contribution is 6.07. The lowest BCUT2D eigenvalue weighted by molar-refractivity contribution is -0.116. The van der Waals surface area contributed by atoms with Crippen molar-refractivity contribution in [1.29, 1.82) is 0 Å². The van der Waals surface area contributed by atoms with E-state index in [-0.39, 0.29) is 5.91 Å². The number of hydrogen-bond donors (Lipinski definition) is 1. The average Bonchev–Trinajstić information content (AvgIpc) is 3.35. The summed E-state index contributed by atoms with van der Waals surface area (Å²) in [5.41, 5.74) is 6.40. The maximum atomic E-state index is 12.8. The lowest BCUT2D eigenvalue weighted by Crippen LogP contribution is -2.20. The summed E-state index contributed by atoms with van der Waals surface area (Å²) in [6.45, 7) is 4.31. The van der Waals surface area contributed by atoms with Gasteiger partial charge in [-0.2, -0.15) is 0 Å². The second-order valence-corrected chi connectivity index (χ2v) is 9.03. The lowest BCUT2D eigenvalue weighted by atomic mass is 9.94. The van der Waals surface area contributed by atoms with Gasteiger partial charge in [0.15, 0.2) is 0 Å². The summed E-state index contributed by atoms with van der Waals surface area (Å²) < 4.78 is 17.1. The van der Waals surface area contributed by atoms with Gasteiger partial charge in [-0.25, -0.2) is 0 Å². The third kappa shape index (κ3) is 4.68. The summed E-state index contributed by atoms with van der Waals surface area (Å²) in [5, 5.41) is 6.27. The number of methoxy groups -OCH3 is 2. The minimum absolute atomic E-state index is 0.179. The fourth-order valence-electron chi connectivity index (χ4n) is 4.84. The molecule has 1 N–H and O–H groups in total. The molecule has 5 rings (SSSR count). The van der Waals surface area contributed by atoms with E-state index in [4.69, 9.17) is 13.9 Å². The van der Waals surface area contributed by atoms with Gasteiger partial charge in [-0.05, 0) is 59.5 Å². The number of ether oxygens (including phenoxy) is 2. The Bertz CT molecular complexity index is 1640. The van der Waals surface area contributed by atoms with E-state index in [9.17, 15) is 4.79 Å². The Balaban J connectivity index is 1.52. The highest BCUT2D eigenvalue weighted by atomic mass is 16.5. The molecular formula is C32H29NO4. The van der Waals surface area contributed by atoms with E-state index < -0.39 is 0 Å². The van der Waals surface area contributed by atoms with Crippen LogP contribution in [0.3, 0.4) is 0 Å². The Morgan fingerprint density at radius 1 is 0.919 bits per heavy atom. The molecule has 0 unspecified atom stereocenters. The van der Waals surface area contributed by atoms with E-state index in [0.717, 1.165) is 55.5 Å². The number of carbonyl (C=O) groups excluding carboxylic acids is 1. The number of rotatable bonds is 7. The van der Waals surface area contributed by atoms with Crippen molar-refractivity contribution in [3.63, 3.8) is 0 Å². The molecule has 1 aromatic heterocycles. The van der Waals surface area contributed by atoms with Crippen LogP contribution in [0.2, 0.25) is 0 Å². The SMILES string of the molecule is COc1cccc(CNC(=O)/C=C(\C)c2cc3c(-c4cccc5ccccc45)coc3c(C)c2OC)c1. The predicted molar refractivity (Wildman–Crippen MR) is 149 cm³/mol. The number of furan rings is 1. The first-order valence-electron chi connectivity index (χ1n) is 12.2. The first kappa shape index (κ1) is 24.2. The Morgan fingerprint density at radius 2 is 1.70 bits per heavy atom. The largest absolute Gasteiger partial charge is 0.497 e. The van der Waals surface area contributed by atoms with E-state index in [0.29, 0.717) is 12.3 Å². The van der Waals surface area contributed by atoms with Crippen LogP contribution in [0.25, 0.3) is 38.4 Å². The van der Waals surface area contributed by atoms with Gasteiger partial charge in [-0.15, -0.1) is 0 Å². The molecule has 1 amide bonds. The standard InChI is InChI=1S/C32H29NO4/c1-20(15-30(34)33-18-22-9-7-12-24(16-22)35-3)27-17-28-29(19-37-32(28)21(2)31(27)36-4)26-14-8-11-23-10-5-6-13-25(23)26/h5-17,19H,18H2,1-4H3,(H,33,34)/b20-15+. The van der Waals surface area contributed by atoms with Crippen molar-refractivity contribution in [2.45, 2.75) is 20.4 Å². The highest BCUT2D eigenvalue weighted by Crippen LogP contribution is 2.42. The van der Waals surface area contributed by atoms with Gasteiger partial charge in [0.05, 0.1) is 20.5 Å². The number of fused-ring (bicyclic) bond motifs is 2. The predicted octanol–water partition coefficient (Wildman–Crippen LogP) is 7.30. The van der Waals surface area contributed by atoms with E-state index >= 15 is 0 Å². The molecule has 0 bridgehead atoms. The average molecular weight is 492 g/mol. The zero-order valence-electron chi connectivity index (χ0n) is 21.4. The van der Waals surface area contributed by atoms with E-state index in [1.165, 1.54) is 5.39 Å². The highest BCUT2D eigenvalue weighted by Gasteiger charge is 2.19. The van der Waals surface area contributed by atoms with Gasteiger partial charge in [-0.1, -0.05) is 54.6 Å². The van der Waals surface area contributed by atoms with Crippen LogP contribution in [0.5, 0.6) is 11.5 Å². The number of amides is 1. The van der Waals surface area contributed by atoms with Gasteiger partial charge in [0.1, 0.15) is 17.1 Å². The van der Waals surface area contributed by atoms with Crippen LogP contribution in [-0.2, 0) is 11.3 Å². The van der Waals surface area contributed by atoms with Gasteiger partial charge in [0, 0.05) is 34.7 Å². The first-order chi connectivity index (χ1) is 18.0. The van der Waals surface area contributed by atoms with E-state index in [2.05, 4.69) is 41.7 Å². The quantitative estimate of drug-likeness (QED) is 0.243. The Kier molecular flexibility index (Phi) is 6.69. The number of carbonyl (C=O) groups is 1. The van der Waals surface area contributed by atoms with Gasteiger partial charge in [0.25, 0.3) is 0 Å². The van der Waals surface area contributed by atoms with Crippen molar-refractivity contribution in [1.82, 2.24) is 5.32 Å². The van der Waals surface area contributed by atoms with Crippen molar-refractivity contribution in [2.75, 3.05) is 14.2 Å². The normalized spacial score (nSPS) is 11.6. The number of allylic oxidation sites excluding steroid dienone is 1. The van der Waals surface area contributed by atoms with Crippen LogP contribution >= 0.6 is 0 Å². The topological polar surface area (TPSA) is 60.7 Å². The van der Waals surface area contributed by atoms with Gasteiger partial charge in [-0.3, -0.25) is 4.79 Å². The van der Waals surface area contributed by atoms with Crippen molar-refractivity contribution in [3.8, 4) is 22.6 Å². The molecule has 0 aliphatic rings. The van der Waals surface area contributed by atoms with Gasteiger partial charge < -0.3 is 19.2 Å². The zero-order valence-corrected chi connectivity index (χ0v) is 21.4. The summed E-state index contributed by atoms with van der Waals surface area (Å²) >= 11 is 0. The van der Waals surface area contributed by atoms with Crippen LogP contribution in [0.15, 0.2) is 89.6 Å². The fraction of sp³-hybridized carbons (Fsp3) is 0.156. The minimum atomic E-state index is -0.179. The Labute approximate surface area is 216 Å². The van der Waals surface area contributed by atoms with E-state index in [1.54, 1.807) is 20.3 Å². The maximum Gasteiger partial charge on any atom is 0.244 e. The fourth-order valence-corrected chi connectivity index (χ4v) is 4.84. The van der Waals surface area contributed by atoms with Crippen molar-refractivity contribution < 1.29 is 18.7 Å². The Hall–Kier alpha value is -4.51. The van der Waals surface area contributed by atoms with Crippen molar-refractivity contribution >= 4 is 33.2 Å². The van der Waals surface area contributed by atoms with Gasteiger partial charge >= 0.3 is 0 Å². The molecule has 0 radical (unpaired) electrons. The molecular weight excluding hydrogens is 462 g/mol. The number of hydrogen-bond acceptors (Lipinski definition) is 4. The smallest absolute Gasteiger partial charge is 0.244 e. The minimum Gasteiger partial charge on any atom is -0.497 e. The molecule has 0 aliphatic heterocycles. The van der Waals surface area contributed by atoms with Crippen LogP contribution < -0.4 is 14.8 Å². The molecule has 1 heterocycles. The lowest BCUT2D eigenvalue weighted by Gasteiger charge is -2.14. The zero-order chi connectivity index (χ0) is 25.9. The Morgan fingerprint density at radius 3 is 2.51 bits per heavy atom. The van der Waals surface area contributed by atoms with E-state index in [1.807, 2.05) is 56.5 Å². The molecule has 186 valence electrons. The number of benzene rings is 4. The first-order valence-corrected chi connectivity index (χ1v) is 12.2. The molecule has 0 spiro atoms. The monoisotopic (exact) mass is 491 g/mol. The molecule has 4 aromatic carbocycles. The molecule has 0 fully saturated rings. The van der Waals surface area contributed by atoms with Gasteiger partial charge in [0.2, 0.25) is 5.91 Å². The summed E-state index contributed by atoms with van der Waals surface area (Å²) in [6, 6.07) is 24.3.